The molecule has 1 aromatic heterocycles. The molecule has 0 spiro atoms. The molecule has 0 saturated carbocycles. The van der Waals surface area contributed by atoms with E-state index in [0.717, 1.165) is 50.7 Å². The Hall–Kier alpha value is -1.36. The van der Waals surface area contributed by atoms with Crippen molar-refractivity contribution in [1.82, 2.24) is 9.97 Å². The zero-order valence-corrected chi connectivity index (χ0v) is 11.2. The SMILES string of the molecule is CCc1nc(N)cc(N(C)CC2CCOCC2)n1. The summed E-state index contributed by atoms with van der Waals surface area (Å²) in [5.41, 5.74) is 5.81. The molecular formula is C13H22N4O. The van der Waals surface area contributed by atoms with Crippen LogP contribution in [-0.2, 0) is 11.2 Å². The van der Waals surface area contributed by atoms with E-state index >= 15 is 0 Å². The number of hydrogen-bond acceptors (Lipinski definition) is 5. The molecule has 1 saturated heterocycles. The van der Waals surface area contributed by atoms with Crippen LogP contribution in [0.2, 0.25) is 0 Å². The first-order chi connectivity index (χ1) is 8.69. The number of aromatic nitrogens is 2. The van der Waals surface area contributed by atoms with E-state index in [1.54, 1.807) is 0 Å². The molecule has 0 radical (unpaired) electrons. The molecule has 1 aliphatic rings. The van der Waals surface area contributed by atoms with Crippen molar-refractivity contribution in [3.05, 3.63) is 11.9 Å². The van der Waals surface area contributed by atoms with Crippen molar-refractivity contribution in [2.75, 3.05) is 37.4 Å². The third-order valence-electron chi connectivity index (χ3n) is 3.36. The molecule has 5 nitrogen and oxygen atoms in total. The molecule has 0 atom stereocenters. The van der Waals surface area contributed by atoms with Crippen molar-refractivity contribution in [2.24, 2.45) is 5.92 Å². The quantitative estimate of drug-likeness (QED) is 0.877. The van der Waals surface area contributed by atoms with Crippen molar-refractivity contribution < 1.29 is 4.74 Å². The van der Waals surface area contributed by atoms with E-state index in [0.29, 0.717) is 11.7 Å². The minimum absolute atomic E-state index is 0.552. The standard InChI is InChI=1S/C13H22N4O/c1-3-12-15-11(14)8-13(16-12)17(2)9-10-4-6-18-7-5-10/h8,10H,3-7,9H2,1-2H3,(H2,14,15,16). The average Bonchev–Trinajstić information content (AvgIpc) is 2.39. The van der Waals surface area contributed by atoms with Crippen LogP contribution in [0.3, 0.4) is 0 Å². The van der Waals surface area contributed by atoms with Crippen LogP contribution in [0.4, 0.5) is 11.6 Å². The number of rotatable bonds is 4. The van der Waals surface area contributed by atoms with Crippen LogP contribution in [0, 0.1) is 5.92 Å². The Morgan fingerprint density at radius 1 is 1.39 bits per heavy atom. The van der Waals surface area contributed by atoms with Gasteiger partial charge in [-0.3, -0.25) is 0 Å². The van der Waals surface area contributed by atoms with Gasteiger partial charge in [-0.15, -0.1) is 0 Å². The molecule has 1 aliphatic heterocycles. The molecule has 100 valence electrons. The van der Waals surface area contributed by atoms with Gasteiger partial charge in [0.1, 0.15) is 17.5 Å². The molecule has 0 unspecified atom stereocenters. The number of nitrogen functional groups attached to an aromatic ring is 1. The molecule has 2 N–H and O–H groups in total. The van der Waals surface area contributed by atoms with E-state index in [-0.39, 0.29) is 0 Å². The summed E-state index contributed by atoms with van der Waals surface area (Å²) >= 11 is 0. The number of hydrogen-bond donors (Lipinski definition) is 1. The third kappa shape index (κ3) is 3.32. The predicted molar refractivity (Wildman–Crippen MR) is 72.6 cm³/mol. The molecular weight excluding hydrogens is 228 g/mol. The maximum atomic E-state index is 5.81. The lowest BCUT2D eigenvalue weighted by molar-refractivity contribution is 0.0685. The van der Waals surface area contributed by atoms with Gasteiger partial charge in [0.15, 0.2) is 0 Å². The van der Waals surface area contributed by atoms with Gasteiger partial charge < -0.3 is 15.4 Å². The minimum atomic E-state index is 0.552. The minimum Gasteiger partial charge on any atom is -0.384 e. The average molecular weight is 250 g/mol. The molecule has 2 heterocycles. The Labute approximate surface area is 108 Å². The summed E-state index contributed by atoms with van der Waals surface area (Å²) in [4.78, 5) is 10.9. The van der Waals surface area contributed by atoms with Gasteiger partial charge in [0, 0.05) is 39.3 Å². The molecule has 0 aliphatic carbocycles. The van der Waals surface area contributed by atoms with Crippen molar-refractivity contribution in [3.8, 4) is 0 Å². The summed E-state index contributed by atoms with van der Waals surface area (Å²) in [5.74, 6) is 2.97. The molecule has 1 aromatic rings. The maximum absolute atomic E-state index is 5.81. The highest BCUT2D eigenvalue weighted by atomic mass is 16.5. The second-order valence-corrected chi connectivity index (χ2v) is 4.86. The predicted octanol–water partition coefficient (Wildman–Crippen LogP) is 1.48. The van der Waals surface area contributed by atoms with E-state index in [1.165, 1.54) is 0 Å². The number of nitrogens with zero attached hydrogens (tertiary/aromatic N) is 3. The number of aryl methyl sites for hydroxylation is 1. The lowest BCUT2D eigenvalue weighted by atomic mass is 10.00. The Kier molecular flexibility index (Phi) is 4.36. The van der Waals surface area contributed by atoms with Crippen molar-refractivity contribution in [1.29, 1.82) is 0 Å². The fourth-order valence-electron chi connectivity index (χ4n) is 2.27. The van der Waals surface area contributed by atoms with Crippen molar-refractivity contribution in [3.63, 3.8) is 0 Å². The van der Waals surface area contributed by atoms with E-state index in [2.05, 4.69) is 21.9 Å². The zero-order chi connectivity index (χ0) is 13.0. The molecule has 0 bridgehead atoms. The normalized spacial score (nSPS) is 16.8. The molecule has 18 heavy (non-hydrogen) atoms. The summed E-state index contributed by atoms with van der Waals surface area (Å²) in [5, 5.41) is 0. The summed E-state index contributed by atoms with van der Waals surface area (Å²) in [6.07, 6.45) is 3.07. The number of nitrogens with two attached hydrogens (primary N) is 1. The number of anilines is 2. The maximum Gasteiger partial charge on any atom is 0.134 e. The van der Waals surface area contributed by atoms with Gasteiger partial charge in [-0.1, -0.05) is 6.92 Å². The van der Waals surface area contributed by atoms with Gasteiger partial charge in [0.2, 0.25) is 0 Å². The first kappa shape index (κ1) is 13.1. The Morgan fingerprint density at radius 3 is 2.78 bits per heavy atom. The van der Waals surface area contributed by atoms with Gasteiger partial charge in [-0.2, -0.15) is 0 Å². The second kappa shape index (κ2) is 6.00. The van der Waals surface area contributed by atoms with Gasteiger partial charge in [0.05, 0.1) is 0 Å². The lowest BCUT2D eigenvalue weighted by Gasteiger charge is -2.28. The largest absolute Gasteiger partial charge is 0.384 e. The van der Waals surface area contributed by atoms with Crippen LogP contribution in [0.15, 0.2) is 6.07 Å². The first-order valence-electron chi connectivity index (χ1n) is 6.61. The van der Waals surface area contributed by atoms with Gasteiger partial charge in [0.25, 0.3) is 0 Å². The van der Waals surface area contributed by atoms with E-state index in [1.807, 2.05) is 13.0 Å². The van der Waals surface area contributed by atoms with E-state index < -0.39 is 0 Å². The highest BCUT2D eigenvalue weighted by molar-refractivity contribution is 5.46. The fourth-order valence-corrected chi connectivity index (χ4v) is 2.27. The Morgan fingerprint density at radius 2 is 2.11 bits per heavy atom. The van der Waals surface area contributed by atoms with Crippen LogP contribution in [0.1, 0.15) is 25.6 Å². The Balaban J connectivity index is 2.02. The highest BCUT2D eigenvalue weighted by Crippen LogP contribution is 2.19. The number of ether oxygens (including phenoxy) is 1. The summed E-state index contributed by atoms with van der Waals surface area (Å²) in [7, 11) is 2.07. The summed E-state index contributed by atoms with van der Waals surface area (Å²) < 4.78 is 5.38. The van der Waals surface area contributed by atoms with Crippen molar-refractivity contribution in [2.45, 2.75) is 26.2 Å². The molecule has 1 fully saturated rings. The summed E-state index contributed by atoms with van der Waals surface area (Å²) in [6.45, 7) is 4.80. The monoisotopic (exact) mass is 250 g/mol. The van der Waals surface area contributed by atoms with Crippen molar-refractivity contribution >= 4 is 11.6 Å². The van der Waals surface area contributed by atoms with Crippen LogP contribution in [0.5, 0.6) is 0 Å². The van der Waals surface area contributed by atoms with E-state index in [4.69, 9.17) is 10.5 Å². The smallest absolute Gasteiger partial charge is 0.134 e. The van der Waals surface area contributed by atoms with Gasteiger partial charge >= 0.3 is 0 Å². The summed E-state index contributed by atoms with van der Waals surface area (Å²) in [6, 6.07) is 1.85. The third-order valence-corrected chi connectivity index (χ3v) is 3.36. The van der Waals surface area contributed by atoms with Gasteiger partial charge in [-0.05, 0) is 18.8 Å². The van der Waals surface area contributed by atoms with Crippen LogP contribution in [-0.4, -0.2) is 36.8 Å². The first-order valence-corrected chi connectivity index (χ1v) is 6.61. The molecule has 0 aromatic carbocycles. The fraction of sp³-hybridized carbons (Fsp3) is 0.692. The molecule has 2 rings (SSSR count). The Bertz CT molecular complexity index is 391. The highest BCUT2D eigenvalue weighted by Gasteiger charge is 2.17. The molecule has 0 amide bonds. The second-order valence-electron chi connectivity index (χ2n) is 4.86. The van der Waals surface area contributed by atoms with Crippen LogP contribution < -0.4 is 10.6 Å². The zero-order valence-electron chi connectivity index (χ0n) is 11.2. The van der Waals surface area contributed by atoms with E-state index in [9.17, 15) is 0 Å². The topological polar surface area (TPSA) is 64.3 Å². The van der Waals surface area contributed by atoms with Crippen LogP contribution in [0.25, 0.3) is 0 Å². The lowest BCUT2D eigenvalue weighted by Crippen LogP contribution is -2.30. The molecule has 5 heteroatoms. The van der Waals surface area contributed by atoms with Gasteiger partial charge in [-0.25, -0.2) is 9.97 Å². The van der Waals surface area contributed by atoms with Crippen LogP contribution >= 0.6 is 0 Å².